The highest BCUT2D eigenvalue weighted by Crippen LogP contribution is 2.12. The van der Waals surface area contributed by atoms with Gasteiger partial charge in [-0.05, 0) is 25.0 Å². The van der Waals surface area contributed by atoms with E-state index in [-0.39, 0.29) is 12.5 Å². The highest BCUT2D eigenvalue weighted by atomic mass is 16.2. The molecular weight excluding hydrogens is 188 g/mol. The number of nitrogens with two attached hydrogens (primary N) is 1. The summed E-state index contributed by atoms with van der Waals surface area (Å²) in [5, 5.41) is 0. The van der Waals surface area contributed by atoms with Crippen LogP contribution < -0.4 is 5.73 Å². The second-order valence-corrected chi connectivity index (χ2v) is 3.88. The van der Waals surface area contributed by atoms with Crippen molar-refractivity contribution in [2.75, 3.05) is 13.6 Å². The molecule has 1 amide bonds. The van der Waals surface area contributed by atoms with E-state index in [4.69, 9.17) is 5.73 Å². The fourth-order valence-electron chi connectivity index (χ4n) is 1.52. The number of hydrogen-bond acceptors (Lipinski definition) is 2. The van der Waals surface area contributed by atoms with Crippen molar-refractivity contribution in [1.82, 2.24) is 4.90 Å². The average molecular weight is 206 g/mol. The lowest BCUT2D eigenvalue weighted by molar-refractivity contribution is -0.128. The molecule has 0 spiro atoms. The minimum atomic E-state index is -0.0324. The number of benzene rings is 1. The second-order valence-electron chi connectivity index (χ2n) is 3.88. The van der Waals surface area contributed by atoms with Gasteiger partial charge < -0.3 is 10.6 Å². The first kappa shape index (κ1) is 11.7. The van der Waals surface area contributed by atoms with Gasteiger partial charge in [-0.15, -0.1) is 0 Å². The fourth-order valence-corrected chi connectivity index (χ4v) is 1.52. The van der Waals surface area contributed by atoms with Gasteiger partial charge in [-0.1, -0.05) is 23.8 Å². The number of hydrogen-bond donors (Lipinski definition) is 1. The van der Waals surface area contributed by atoms with Crippen molar-refractivity contribution in [3.63, 3.8) is 0 Å². The fraction of sp³-hybridized carbons (Fsp3) is 0.417. The topological polar surface area (TPSA) is 46.3 Å². The van der Waals surface area contributed by atoms with Crippen molar-refractivity contribution >= 4 is 5.91 Å². The Bertz CT molecular complexity index is 361. The Kier molecular flexibility index (Phi) is 3.86. The van der Waals surface area contributed by atoms with Gasteiger partial charge in [0.15, 0.2) is 0 Å². The van der Waals surface area contributed by atoms with Crippen LogP contribution in [0.2, 0.25) is 0 Å². The summed E-state index contributed by atoms with van der Waals surface area (Å²) in [6.45, 7) is 4.82. The summed E-state index contributed by atoms with van der Waals surface area (Å²) < 4.78 is 0. The van der Waals surface area contributed by atoms with Gasteiger partial charge in [-0.3, -0.25) is 4.79 Å². The summed E-state index contributed by atoms with van der Waals surface area (Å²) in [5.74, 6) is -0.0324. The molecule has 0 saturated heterocycles. The number of carbonyl (C=O) groups is 1. The lowest BCUT2D eigenvalue weighted by Crippen LogP contribution is -2.32. The lowest BCUT2D eigenvalue weighted by atomic mass is 10.1. The molecule has 0 fully saturated rings. The molecule has 0 aliphatic heterocycles. The smallest absolute Gasteiger partial charge is 0.236 e. The van der Waals surface area contributed by atoms with Crippen LogP contribution in [0.25, 0.3) is 0 Å². The van der Waals surface area contributed by atoms with Gasteiger partial charge in [0.2, 0.25) is 5.91 Å². The van der Waals surface area contributed by atoms with E-state index >= 15 is 0 Å². The maximum atomic E-state index is 11.3. The van der Waals surface area contributed by atoms with Crippen molar-refractivity contribution in [2.45, 2.75) is 20.4 Å². The number of rotatable bonds is 3. The molecule has 0 aliphatic rings. The van der Waals surface area contributed by atoms with Crippen LogP contribution in [0.4, 0.5) is 0 Å². The van der Waals surface area contributed by atoms with Crippen LogP contribution in [-0.2, 0) is 11.3 Å². The van der Waals surface area contributed by atoms with E-state index < -0.39 is 0 Å². The minimum Gasteiger partial charge on any atom is -0.340 e. The third kappa shape index (κ3) is 3.06. The van der Waals surface area contributed by atoms with Gasteiger partial charge in [0.05, 0.1) is 6.54 Å². The molecule has 0 aliphatic carbocycles. The number of aryl methyl sites for hydroxylation is 2. The van der Waals surface area contributed by atoms with Crippen LogP contribution in [-0.4, -0.2) is 24.4 Å². The van der Waals surface area contributed by atoms with Gasteiger partial charge >= 0.3 is 0 Å². The molecule has 0 bridgehead atoms. The molecule has 0 heterocycles. The van der Waals surface area contributed by atoms with Crippen LogP contribution in [0.3, 0.4) is 0 Å². The Morgan fingerprint density at radius 2 is 2.07 bits per heavy atom. The normalized spacial score (nSPS) is 10.1. The molecule has 1 rings (SSSR count). The molecule has 0 unspecified atom stereocenters. The van der Waals surface area contributed by atoms with Gasteiger partial charge in [-0.25, -0.2) is 0 Å². The maximum Gasteiger partial charge on any atom is 0.236 e. The molecule has 0 aromatic heterocycles. The Labute approximate surface area is 90.9 Å². The predicted molar refractivity (Wildman–Crippen MR) is 61.4 cm³/mol. The standard InChI is InChI=1S/C12H18N2O/c1-9-4-5-11(10(2)6-9)8-14(3)12(15)7-13/h4-6H,7-8,13H2,1-3H3. The van der Waals surface area contributed by atoms with Gasteiger partial charge in [-0.2, -0.15) is 0 Å². The van der Waals surface area contributed by atoms with Crippen LogP contribution in [0, 0.1) is 13.8 Å². The molecule has 2 N–H and O–H groups in total. The summed E-state index contributed by atoms with van der Waals surface area (Å²) in [7, 11) is 1.77. The molecule has 1 aromatic rings. The Hall–Kier alpha value is -1.35. The van der Waals surface area contributed by atoms with Crippen molar-refractivity contribution < 1.29 is 4.79 Å². The van der Waals surface area contributed by atoms with Crippen molar-refractivity contribution in [3.8, 4) is 0 Å². The van der Waals surface area contributed by atoms with E-state index in [2.05, 4.69) is 32.0 Å². The van der Waals surface area contributed by atoms with Gasteiger partial charge in [0, 0.05) is 13.6 Å². The second kappa shape index (κ2) is 4.94. The quantitative estimate of drug-likeness (QED) is 0.808. The van der Waals surface area contributed by atoms with E-state index in [1.54, 1.807) is 11.9 Å². The summed E-state index contributed by atoms with van der Waals surface area (Å²) in [5.41, 5.74) is 8.92. The molecule has 0 atom stereocenters. The Morgan fingerprint density at radius 1 is 1.40 bits per heavy atom. The molecule has 0 radical (unpaired) electrons. The highest BCUT2D eigenvalue weighted by molar-refractivity contribution is 5.77. The maximum absolute atomic E-state index is 11.3. The summed E-state index contributed by atoms with van der Waals surface area (Å²) in [6, 6.07) is 6.24. The van der Waals surface area contributed by atoms with E-state index in [1.165, 1.54) is 16.7 Å². The molecule has 1 aromatic carbocycles. The predicted octanol–water partition coefficient (Wildman–Crippen LogP) is 1.22. The minimum absolute atomic E-state index is 0.0324. The SMILES string of the molecule is Cc1ccc(CN(C)C(=O)CN)c(C)c1. The molecule has 82 valence electrons. The van der Waals surface area contributed by atoms with E-state index in [9.17, 15) is 4.79 Å². The number of carbonyl (C=O) groups excluding carboxylic acids is 1. The average Bonchev–Trinajstić information content (AvgIpc) is 2.20. The first-order chi connectivity index (χ1) is 7.04. The number of likely N-dealkylation sites (N-methyl/N-ethyl adjacent to an activating group) is 1. The van der Waals surface area contributed by atoms with E-state index in [1.807, 2.05) is 0 Å². The van der Waals surface area contributed by atoms with E-state index in [0.717, 1.165) is 0 Å². The highest BCUT2D eigenvalue weighted by Gasteiger charge is 2.08. The summed E-state index contributed by atoms with van der Waals surface area (Å²) in [6.07, 6.45) is 0. The zero-order valence-corrected chi connectivity index (χ0v) is 9.58. The zero-order valence-electron chi connectivity index (χ0n) is 9.58. The molecule has 3 heteroatoms. The lowest BCUT2D eigenvalue weighted by Gasteiger charge is -2.17. The van der Waals surface area contributed by atoms with E-state index in [0.29, 0.717) is 6.54 Å². The largest absolute Gasteiger partial charge is 0.340 e. The monoisotopic (exact) mass is 206 g/mol. The van der Waals surface area contributed by atoms with Crippen LogP contribution in [0.5, 0.6) is 0 Å². The first-order valence-corrected chi connectivity index (χ1v) is 5.04. The molecule has 15 heavy (non-hydrogen) atoms. The van der Waals surface area contributed by atoms with Crippen molar-refractivity contribution in [3.05, 3.63) is 34.9 Å². The Morgan fingerprint density at radius 3 is 2.60 bits per heavy atom. The van der Waals surface area contributed by atoms with Crippen LogP contribution in [0.1, 0.15) is 16.7 Å². The Balaban J connectivity index is 2.76. The van der Waals surface area contributed by atoms with Crippen molar-refractivity contribution in [2.24, 2.45) is 5.73 Å². The summed E-state index contributed by atoms with van der Waals surface area (Å²) >= 11 is 0. The van der Waals surface area contributed by atoms with Crippen molar-refractivity contribution in [1.29, 1.82) is 0 Å². The third-order valence-electron chi connectivity index (χ3n) is 2.51. The molecular formula is C12H18N2O. The third-order valence-corrected chi connectivity index (χ3v) is 2.51. The zero-order chi connectivity index (χ0) is 11.4. The van der Waals surface area contributed by atoms with Gasteiger partial charge in [0.1, 0.15) is 0 Å². The summed E-state index contributed by atoms with van der Waals surface area (Å²) in [4.78, 5) is 12.9. The van der Waals surface area contributed by atoms with Crippen LogP contribution in [0.15, 0.2) is 18.2 Å². The number of amides is 1. The number of nitrogens with zero attached hydrogens (tertiary/aromatic N) is 1. The molecule has 0 saturated carbocycles. The molecule has 3 nitrogen and oxygen atoms in total. The first-order valence-electron chi connectivity index (χ1n) is 5.04. The van der Waals surface area contributed by atoms with Gasteiger partial charge in [0.25, 0.3) is 0 Å². The van der Waals surface area contributed by atoms with Crippen LogP contribution >= 0.6 is 0 Å².